The molecule has 0 aromatic rings. The number of hydrogen-bond acceptors (Lipinski definition) is 3. The fourth-order valence-corrected chi connectivity index (χ4v) is 0.862. The van der Waals surface area contributed by atoms with Crippen LogP contribution in [0.15, 0.2) is 5.16 Å². The van der Waals surface area contributed by atoms with Gasteiger partial charge in [0.05, 0.1) is 5.71 Å². The summed E-state index contributed by atoms with van der Waals surface area (Å²) >= 11 is 1.74. The molecule has 0 N–H and O–H groups in total. The first-order valence-electron chi connectivity index (χ1n) is 2.36. The van der Waals surface area contributed by atoms with E-state index in [0.717, 1.165) is 11.5 Å². The van der Waals surface area contributed by atoms with Crippen molar-refractivity contribution in [3.05, 3.63) is 0 Å². The lowest BCUT2D eigenvalue weighted by Gasteiger charge is -1.92. The lowest BCUT2D eigenvalue weighted by molar-refractivity contribution is 0.213. The van der Waals surface area contributed by atoms with Crippen molar-refractivity contribution in [1.29, 1.82) is 0 Å². The number of thioether (sulfide) groups is 1. The fourth-order valence-electron chi connectivity index (χ4n) is 0.391. The van der Waals surface area contributed by atoms with E-state index < -0.39 is 0 Å². The van der Waals surface area contributed by atoms with Gasteiger partial charge in [0, 0.05) is 5.75 Å². The van der Waals surface area contributed by atoms with Crippen LogP contribution < -0.4 is 0 Å². The maximum absolute atomic E-state index is 4.53. The van der Waals surface area contributed by atoms with Crippen molar-refractivity contribution in [2.45, 2.75) is 6.92 Å². The number of hydrogen-bond donors (Lipinski definition) is 0. The molecule has 0 atom stereocenters. The van der Waals surface area contributed by atoms with Gasteiger partial charge in [-0.2, -0.15) is 11.8 Å². The van der Waals surface area contributed by atoms with Crippen molar-refractivity contribution in [3.63, 3.8) is 0 Å². The fraction of sp³-hybridized carbons (Fsp3) is 0.800. The molecule has 0 fully saturated rings. The Morgan fingerprint density at radius 3 is 2.75 bits per heavy atom. The SMILES string of the molecule is CO/N=C(\C)CSC. The van der Waals surface area contributed by atoms with Crippen molar-refractivity contribution >= 4 is 17.5 Å². The third kappa shape index (κ3) is 3.99. The summed E-state index contributed by atoms with van der Waals surface area (Å²) in [5.74, 6) is 0.952. The first-order valence-corrected chi connectivity index (χ1v) is 3.76. The highest BCUT2D eigenvalue weighted by atomic mass is 32.2. The van der Waals surface area contributed by atoms with Crippen LogP contribution in [0.3, 0.4) is 0 Å². The Bertz CT molecular complexity index is 82.5. The number of rotatable bonds is 3. The van der Waals surface area contributed by atoms with E-state index in [1.807, 2.05) is 13.2 Å². The lowest BCUT2D eigenvalue weighted by Crippen LogP contribution is -1.94. The molecule has 0 spiro atoms. The summed E-state index contributed by atoms with van der Waals surface area (Å²) in [5, 5.41) is 3.71. The third-order valence-electron chi connectivity index (χ3n) is 0.600. The van der Waals surface area contributed by atoms with Crippen molar-refractivity contribution < 1.29 is 4.84 Å². The number of oxime groups is 1. The molecule has 0 aliphatic heterocycles. The second-order valence-electron chi connectivity index (χ2n) is 1.44. The van der Waals surface area contributed by atoms with Crippen LogP contribution in [-0.2, 0) is 4.84 Å². The van der Waals surface area contributed by atoms with Crippen LogP contribution in [0.25, 0.3) is 0 Å². The van der Waals surface area contributed by atoms with Gasteiger partial charge in [0.15, 0.2) is 0 Å². The molecule has 0 saturated heterocycles. The molecule has 0 aromatic carbocycles. The average Bonchev–Trinajstić information content (AvgIpc) is 1.68. The van der Waals surface area contributed by atoms with Crippen molar-refractivity contribution in [1.82, 2.24) is 0 Å². The molecular weight excluding hydrogens is 122 g/mol. The quantitative estimate of drug-likeness (QED) is 0.428. The van der Waals surface area contributed by atoms with Crippen LogP contribution >= 0.6 is 11.8 Å². The summed E-state index contributed by atoms with van der Waals surface area (Å²) in [5.41, 5.74) is 1.03. The molecule has 0 amide bonds. The Morgan fingerprint density at radius 2 is 2.38 bits per heavy atom. The van der Waals surface area contributed by atoms with Gasteiger partial charge in [-0.15, -0.1) is 0 Å². The normalized spacial score (nSPS) is 11.6. The highest BCUT2D eigenvalue weighted by Gasteiger charge is 1.85. The predicted octanol–water partition coefficient (Wildman–Crippen LogP) is 1.37. The van der Waals surface area contributed by atoms with Crippen LogP contribution in [0.2, 0.25) is 0 Å². The maximum atomic E-state index is 4.53. The van der Waals surface area contributed by atoms with E-state index in [-0.39, 0.29) is 0 Å². The second kappa shape index (κ2) is 4.97. The molecule has 0 aromatic heterocycles. The van der Waals surface area contributed by atoms with Gasteiger partial charge >= 0.3 is 0 Å². The lowest BCUT2D eigenvalue weighted by atomic mass is 10.5. The van der Waals surface area contributed by atoms with Gasteiger partial charge in [-0.05, 0) is 13.2 Å². The molecule has 0 heterocycles. The first kappa shape index (κ1) is 7.82. The first-order chi connectivity index (χ1) is 3.81. The Balaban J connectivity index is 3.29. The zero-order valence-electron chi connectivity index (χ0n) is 5.47. The molecule has 8 heavy (non-hydrogen) atoms. The van der Waals surface area contributed by atoms with Gasteiger partial charge in [-0.25, -0.2) is 0 Å². The molecule has 0 radical (unpaired) electrons. The molecule has 0 rings (SSSR count). The standard InChI is InChI=1S/C5H11NOS/c1-5(4-8-3)6-7-2/h4H2,1-3H3/b6-5+. The van der Waals surface area contributed by atoms with E-state index in [0.29, 0.717) is 0 Å². The average molecular weight is 133 g/mol. The van der Waals surface area contributed by atoms with E-state index in [1.54, 1.807) is 18.9 Å². The van der Waals surface area contributed by atoms with E-state index in [9.17, 15) is 0 Å². The minimum atomic E-state index is 0.952. The zero-order valence-corrected chi connectivity index (χ0v) is 6.29. The molecule has 0 bridgehead atoms. The highest BCUT2D eigenvalue weighted by molar-refractivity contribution is 7.99. The Labute approximate surface area is 54.3 Å². The van der Waals surface area contributed by atoms with E-state index in [2.05, 4.69) is 9.99 Å². The number of nitrogens with zero attached hydrogens (tertiary/aromatic N) is 1. The molecule has 0 aliphatic carbocycles. The van der Waals surface area contributed by atoms with E-state index in [4.69, 9.17) is 0 Å². The molecule has 0 aliphatic rings. The van der Waals surface area contributed by atoms with Crippen LogP contribution in [0.4, 0.5) is 0 Å². The van der Waals surface area contributed by atoms with Gasteiger partial charge in [0.1, 0.15) is 7.11 Å². The summed E-state index contributed by atoms with van der Waals surface area (Å²) in [4.78, 5) is 4.53. The molecule has 0 unspecified atom stereocenters. The molecular formula is C5H11NOS. The largest absolute Gasteiger partial charge is 0.399 e. The van der Waals surface area contributed by atoms with Crippen molar-refractivity contribution in [2.75, 3.05) is 19.1 Å². The molecule has 0 saturated carbocycles. The van der Waals surface area contributed by atoms with Crippen molar-refractivity contribution in [3.8, 4) is 0 Å². The Hall–Kier alpha value is -0.180. The molecule has 48 valence electrons. The van der Waals surface area contributed by atoms with Crippen molar-refractivity contribution in [2.24, 2.45) is 5.16 Å². The van der Waals surface area contributed by atoms with Crippen LogP contribution in [0.1, 0.15) is 6.92 Å². The predicted molar refractivity (Wildman–Crippen MR) is 38.5 cm³/mol. The van der Waals surface area contributed by atoms with Crippen LogP contribution in [0, 0.1) is 0 Å². The van der Waals surface area contributed by atoms with E-state index >= 15 is 0 Å². The van der Waals surface area contributed by atoms with Gasteiger partial charge < -0.3 is 4.84 Å². The Morgan fingerprint density at radius 1 is 1.75 bits per heavy atom. The van der Waals surface area contributed by atoms with Gasteiger partial charge in [0.25, 0.3) is 0 Å². The smallest absolute Gasteiger partial charge is 0.106 e. The summed E-state index contributed by atoms with van der Waals surface area (Å²) < 4.78 is 0. The maximum Gasteiger partial charge on any atom is 0.106 e. The summed E-state index contributed by atoms with van der Waals surface area (Å²) in [6.07, 6.45) is 2.04. The third-order valence-corrected chi connectivity index (χ3v) is 1.31. The minimum Gasteiger partial charge on any atom is -0.399 e. The van der Waals surface area contributed by atoms with Gasteiger partial charge in [-0.1, -0.05) is 5.16 Å². The molecule has 2 nitrogen and oxygen atoms in total. The van der Waals surface area contributed by atoms with Crippen LogP contribution in [-0.4, -0.2) is 24.8 Å². The van der Waals surface area contributed by atoms with Gasteiger partial charge in [-0.3, -0.25) is 0 Å². The summed E-state index contributed by atoms with van der Waals surface area (Å²) in [7, 11) is 1.56. The Kier molecular flexibility index (Phi) is 4.85. The monoisotopic (exact) mass is 133 g/mol. The summed E-state index contributed by atoms with van der Waals surface area (Å²) in [6.45, 7) is 1.94. The zero-order chi connectivity index (χ0) is 6.41. The van der Waals surface area contributed by atoms with Gasteiger partial charge in [0.2, 0.25) is 0 Å². The second-order valence-corrected chi connectivity index (χ2v) is 2.31. The van der Waals surface area contributed by atoms with Crippen LogP contribution in [0.5, 0.6) is 0 Å². The topological polar surface area (TPSA) is 21.6 Å². The highest BCUT2D eigenvalue weighted by Crippen LogP contribution is 1.92. The van der Waals surface area contributed by atoms with E-state index in [1.165, 1.54) is 0 Å². The molecule has 3 heteroatoms. The minimum absolute atomic E-state index is 0.952. The summed E-state index contributed by atoms with van der Waals surface area (Å²) in [6, 6.07) is 0.